The van der Waals surface area contributed by atoms with Crippen molar-refractivity contribution in [2.24, 2.45) is 5.92 Å². The van der Waals surface area contributed by atoms with Gasteiger partial charge in [-0.1, -0.05) is 0 Å². The van der Waals surface area contributed by atoms with E-state index in [0.717, 1.165) is 12.8 Å². The number of aliphatic carboxylic acids is 1. The molecule has 2 unspecified atom stereocenters. The van der Waals surface area contributed by atoms with E-state index in [0.29, 0.717) is 13.1 Å². The monoisotopic (exact) mass is 297 g/mol. The van der Waals surface area contributed by atoms with E-state index >= 15 is 0 Å². The summed E-state index contributed by atoms with van der Waals surface area (Å²) in [6, 6.07) is -1.07. The number of carboxylic acid groups (broad SMARTS) is 1. The summed E-state index contributed by atoms with van der Waals surface area (Å²) in [5.41, 5.74) is 0. The van der Waals surface area contributed by atoms with Gasteiger partial charge in [-0.2, -0.15) is 0 Å². The Kier molecular flexibility index (Phi) is 4.44. The minimum Gasteiger partial charge on any atom is -0.481 e. The number of carbonyl (C=O) groups excluding carboxylic acids is 3. The molecule has 2 atom stereocenters. The zero-order valence-corrected chi connectivity index (χ0v) is 11.9. The van der Waals surface area contributed by atoms with Gasteiger partial charge in [0.1, 0.15) is 12.6 Å². The van der Waals surface area contributed by atoms with Gasteiger partial charge in [0.05, 0.1) is 0 Å². The summed E-state index contributed by atoms with van der Waals surface area (Å²) in [4.78, 5) is 49.0. The van der Waals surface area contributed by atoms with Crippen molar-refractivity contribution in [1.29, 1.82) is 0 Å². The van der Waals surface area contributed by atoms with Crippen molar-refractivity contribution in [2.45, 2.75) is 32.2 Å². The third kappa shape index (κ3) is 3.50. The molecule has 4 amide bonds. The highest BCUT2D eigenvalue weighted by molar-refractivity contribution is 6.03. The van der Waals surface area contributed by atoms with Crippen LogP contribution in [0.1, 0.15) is 26.2 Å². The first-order valence-corrected chi connectivity index (χ1v) is 6.99. The summed E-state index contributed by atoms with van der Waals surface area (Å²) in [5.74, 6) is -1.94. The number of hydrogen-bond donors (Lipinski definition) is 2. The molecule has 0 aliphatic carbocycles. The van der Waals surface area contributed by atoms with E-state index in [-0.39, 0.29) is 24.9 Å². The molecule has 0 aromatic rings. The van der Waals surface area contributed by atoms with Gasteiger partial charge >= 0.3 is 12.0 Å². The van der Waals surface area contributed by atoms with Crippen molar-refractivity contribution < 1.29 is 24.3 Å². The predicted molar refractivity (Wildman–Crippen MR) is 71.3 cm³/mol. The Balaban J connectivity index is 2.03. The van der Waals surface area contributed by atoms with Crippen molar-refractivity contribution in [3.8, 4) is 0 Å². The molecular formula is C13H19N3O5. The van der Waals surface area contributed by atoms with Gasteiger partial charge in [-0.25, -0.2) is 4.79 Å². The number of hydrogen-bond acceptors (Lipinski definition) is 4. The molecule has 2 rings (SSSR count). The fourth-order valence-corrected chi connectivity index (χ4v) is 2.78. The highest BCUT2D eigenvalue weighted by Crippen LogP contribution is 2.21. The highest BCUT2D eigenvalue weighted by atomic mass is 16.4. The number of imide groups is 1. The first-order valence-electron chi connectivity index (χ1n) is 6.99. The zero-order chi connectivity index (χ0) is 15.6. The molecule has 2 saturated heterocycles. The highest BCUT2D eigenvalue weighted by Gasteiger charge is 2.37. The number of carboxylic acids is 1. The second-order valence-corrected chi connectivity index (χ2v) is 5.55. The average Bonchev–Trinajstić information content (AvgIpc) is 2.41. The number of piperidine rings is 1. The van der Waals surface area contributed by atoms with E-state index in [4.69, 9.17) is 5.11 Å². The van der Waals surface area contributed by atoms with Crippen molar-refractivity contribution in [3.63, 3.8) is 0 Å². The molecule has 0 aromatic heterocycles. The van der Waals surface area contributed by atoms with Gasteiger partial charge in [0.2, 0.25) is 11.8 Å². The molecule has 2 fully saturated rings. The number of nitrogens with zero attached hydrogens (tertiary/aromatic N) is 2. The second-order valence-electron chi connectivity index (χ2n) is 5.55. The molecule has 0 radical (unpaired) electrons. The summed E-state index contributed by atoms with van der Waals surface area (Å²) in [6.07, 6.45) is 1.52. The predicted octanol–water partition coefficient (Wildman–Crippen LogP) is -0.360. The lowest BCUT2D eigenvalue weighted by Gasteiger charge is -2.39. The Morgan fingerprint density at radius 1 is 1.38 bits per heavy atom. The third-order valence-electron chi connectivity index (χ3n) is 3.92. The van der Waals surface area contributed by atoms with Gasteiger partial charge in [0.15, 0.2) is 0 Å². The molecule has 0 aromatic carbocycles. The Morgan fingerprint density at radius 3 is 2.76 bits per heavy atom. The summed E-state index contributed by atoms with van der Waals surface area (Å²) in [7, 11) is 0. The number of piperazine rings is 1. The van der Waals surface area contributed by atoms with Crippen LogP contribution >= 0.6 is 0 Å². The molecule has 2 N–H and O–H groups in total. The van der Waals surface area contributed by atoms with Crippen LogP contribution in [-0.2, 0) is 14.4 Å². The Morgan fingerprint density at radius 2 is 2.10 bits per heavy atom. The van der Waals surface area contributed by atoms with E-state index < -0.39 is 23.8 Å². The first-order chi connectivity index (χ1) is 9.88. The summed E-state index contributed by atoms with van der Waals surface area (Å²) in [5, 5.41) is 11.0. The lowest BCUT2D eigenvalue weighted by Crippen LogP contribution is -2.61. The minimum absolute atomic E-state index is 0.0265. The fraction of sp³-hybridized carbons (Fsp3) is 0.692. The molecular weight excluding hydrogens is 278 g/mol. The van der Waals surface area contributed by atoms with Crippen molar-refractivity contribution in [1.82, 2.24) is 15.1 Å². The van der Waals surface area contributed by atoms with Gasteiger partial charge in [-0.05, 0) is 25.7 Å². The molecule has 0 bridgehead atoms. The quantitative estimate of drug-likeness (QED) is 0.677. The molecule has 116 valence electrons. The van der Waals surface area contributed by atoms with Crippen LogP contribution in [-0.4, -0.2) is 64.4 Å². The Hall–Kier alpha value is -2.12. The van der Waals surface area contributed by atoms with E-state index in [9.17, 15) is 19.2 Å². The number of nitrogens with one attached hydrogen (secondary N) is 1. The minimum atomic E-state index is -0.879. The third-order valence-corrected chi connectivity index (χ3v) is 3.92. The normalized spacial score (nSPS) is 26.5. The number of likely N-dealkylation sites (tertiary alicyclic amines) is 1. The maximum Gasteiger partial charge on any atom is 0.321 e. The van der Waals surface area contributed by atoms with Crippen molar-refractivity contribution in [3.05, 3.63) is 0 Å². The van der Waals surface area contributed by atoms with E-state index in [1.165, 1.54) is 4.90 Å². The van der Waals surface area contributed by atoms with Gasteiger partial charge in [-0.3, -0.25) is 19.7 Å². The van der Waals surface area contributed by atoms with Gasteiger partial charge < -0.3 is 14.9 Å². The second kappa shape index (κ2) is 6.11. The molecule has 2 aliphatic rings. The zero-order valence-electron chi connectivity index (χ0n) is 11.9. The Bertz CT molecular complexity index is 478. The van der Waals surface area contributed by atoms with Gasteiger partial charge in [0.25, 0.3) is 0 Å². The van der Waals surface area contributed by atoms with Crippen LogP contribution in [0.15, 0.2) is 0 Å². The van der Waals surface area contributed by atoms with E-state index in [1.807, 2.05) is 0 Å². The van der Waals surface area contributed by atoms with Crippen LogP contribution < -0.4 is 5.32 Å². The number of urea groups is 1. The summed E-state index contributed by atoms with van der Waals surface area (Å²) < 4.78 is 0. The van der Waals surface area contributed by atoms with E-state index in [2.05, 4.69) is 5.32 Å². The van der Waals surface area contributed by atoms with E-state index in [1.54, 1.807) is 11.8 Å². The molecule has 0 spiro atoms. The molecule has 21 heavy (non-hydrogen) atoms. The number of rotatable bonds is 2. The standard InChI is InChI=1S/C13H19N3O5/c1-8-12(20)14-10(17)7-16(8)13(21)15-4-2-3-9(6-15)5-11(18)19/h8-9H,2-7H2,1H3,(H,18,19)(H,14,17,20). The van der Waals surface area contributed by atoms with Crippen LogP contribution in [0.3, 0.4) is 0 Å². The average molecular weight is 297 g/mol. The number of carbonyl (C=O) groups is 4. The fourth-order valence-electron chi connectivity index (χ4n) is 2.78. The van der Waals surface area contributed by atoms with Crippen LogP contribution in [0.25, 0.3) is 0 Å². The smallest absolute Gasteiger partial charge is 0.321 e. The first kappa shape index (κ1) is 15.3. The number of amides is 4. The molecule has 0 saturated carbocycles. The lowest BCUT2D eigenvalue weighted by molar-refractivity contribution is -0.139. The Labute approximate surface area is 122 Å². The van der Waals surface area contributed by atoms with Crippen LogP contribution in [0.2, 0.25) is 0 Å². The van der Waals surface area contributed by atoms with Crippen LogP contribution in [0.4, 0.5) is 4.79 Å². The van der Waals surface area contributed by atoms with Gasteiger partial charge in [-0.15, -0.1) is 0 Å². The molecule has 2 heterocycles. The topological polar surface area (TPSA) is 107 Å². The summed E-state index contributed by atoms with van der Waals surface area (Å²) in [6.45, 7) is 2.29. The molecule has 8 nitrogen and oxygen atoms in total. The maximum atomic E-state index is 12.5. The molecule has 2 aliphatic heterocycles. The van der Waals surface area contributed by atoms with Crippen molar-refractivity contribution >= 4 is 23.8 Å². The van der Waals surface area contributed by atoms with Crippen molar-refractivity contribution in [2.75, 3.05) is 19.6 Å². The SMILES string of the molecule is CC1C(=O)NC(=O)CN1C(=O)N1CCCC(CC(=O)O)C1. The summed E-state index contributed by atoms with van der Waals surface area (Å²) >= 11 is 0. The van der Waals surface area contributed by atoms with Crippen LogP contribution in [0, 0.1) is 5.92 Å². The van der Waals surface area contributed by atoms with Gasteiger partial charge in [0, 0.05) is 19.5 Å². The largest absolute Gasteiger partial charge is 0.481 e. The molecule has 8 heteroatoms. The maximum absolute atomic E-state index is 12.5. The lowest BCUT2D eigenvalue weighted by atomic mass is 9.95. The van der Waals surface area contributed by atoms with Crippen LogP contribution in [0.5, 0.6) is 0 Å².